The molecule has 1 aromatic heterocycles. The first-order valence-electron chi connectivity index (χ1n) is 13.9. The van der Waals surface area contributed by atoms with Crippen LogP contribution in [-0.4, -0.2) is 79.6 Å². The summed E-state index contributed by atoms with van der Waals surface area (Å²) in [5.41, 5.74) is 5.30. The van der Waals surface area contributed by atoms with E-state index >= 15 is 0 Å². The molecule has 2 aliphatic rings. The molecule has 10 nitrogen and oxygen atoms in total. The number of hydrazine groups is 1. The molecule has 0 bridgehead atoms. The molecule has 0 aliphatic carbocycles. The van der Waals surface area contributed by atoms with Crippen molar-refractivity contribution in [2.45, 2.75) is 39.1 Å². The normalized spacial score (nSPS) is 18.5. The molecule has 0 radical (unpaired) electrons. The Kier molecular flexibility index (Phi) is 9.13. The van der Waals surface area contributed by atoms with Crippen molar-refractivity contribution in [1.29, 1.82) is 0 Å². The number of phenolic OH excluding ortho intramolecular Hbond substituents is 1. The average molecular weight is 611 g/mol. The summed E-state index contributed by atoms with van der Waals surface area (Å²) in [6.07, 6.45) is 5.11. The molecule has 2 saturated heterocycles. The van der Waals surface area contributed by atoms with Gasteiger partial charge in [0.2, 0.25) is 11.8 Å². The number of aromatic nitrogens is 1. The van der Waals surface area contributed by atoms with Gasteiger partial charge in [0.05, 0.1) is 35.4 Å². The first-order valence-corrected chi connectivity index (χ1v) is 14.8. The second kappa shape index (κ2) is 13.2. The Hall–Kier alpha value is -4.92. The zero-order valence-corrected chi connectivity index (χ0v) is 24.1. The van der Waals surface area contributed by atoms with Crippen LogP contribution in [-0.2, 0) is 29.1 Å². The Bertz CT molecular complexity index is 1690. The molecule has 11 heteroatoms. The summed E-state index contributed by atoms with van der Waals surface area (Å²) in [4.78, 5) is 49.2. The number of thiazole rings is 1. The van der Waals surface area contributed by atoms with E-state index in [1.807, 2.05) is 48.5 Å². The Morgan fingerprint density at radius 3 is 2.55 bits per heavy atom. The Morgan fingerprint density at radius 2 is 1.80 bits per heavy atom. The lowest BCUT2D eigenvalue weighted by Crippen LogP contribution is -2.76. The molecule has 2 atom stereocenters. The number of carbonyl (C=O) groups excluding carboxylic acids is 3. The van der Waals surface area contributed by atoms with Gasteiger partial charge in [0, 0.05) is 19.5 Å². The topological polar surface area (TPSA) is 109 Å². The predicted molar refractivity (Wildman–Crippen MR) is 169 cm³/mol. The number of aromatic hydroxyl groups is 1. The summed E-state index contributed by atoms with van der Waals surface area (Å²) < 4.78 is 1.01. The third-order valence-electron chi connectivity index (χ3n) is 7.73. The Morgan fingerprint density at radius 1 is 1.05 bits per heavy atom. The predicted octanol–water partition coefficient (Wildman–Crippen LogP) is 3.82. The fourth-order valence-corrected chi connectivity index (χ4v) is 6.45. The van der Waals surface area contributed by atoms with E-state index in [0.29, 0.717) is 6.54 Å². The van der Waals surface area contributed by atoms with E-state index in [-0.39, 0.29) is 57.6 Å². The number of terminal acetylenes is 1. The van der Waals surface area contributed by atoms with Crippen molar-refractivity contribution >= 4 is 39.4 Å². The summed E-state index contributed by atoms with van der Waals surface area (Å²) in [5.74, 6) is 2.18. The highest BCUT2D eigenvalue weighted by atomic mass is 32.1. The summed E-state index contributed by atoms with van der Waals surface area (Å²) in [6.45, 7) is 0.604. The summed E-state index contributed by atoms with van der Waals surface area (Å²) in [5, 5.41) is 15.8. The van der Waals surface area contributed by atoms with E-state index in [2.05, 4.69) is 16.2 Å². The lowest BCUT2D eigenvalue weighted by molar-refractivity contribution is -0.189. The molecular formula is C33H34N6O4S. The van der Waals surface area contributed by atoms with Crippen LogP contribution >= 0.6 is 11.3 Å². The van der Waals surface area contributed by atoms with Crippen LogP contribution in [0.15, 0.2) is 78.3 Å². The molecule has 0 saturated carbocycles. The van der Waals surface area contributed by atoms with Gasteiger partial charge >= 0.3 is 6.03 Å². The molecule has 2 N–H and O–H groups in total. The van der Waals surface area contributed by atoms with Gasteiger partial charge in [-0.2, -0.15) is 5.01 Å². The molecule has 2 fully saturated rings. The number of nitrogens with zero attached hydrogens (tertiary/aromatic N) is 5. The molecule has 3 aromatic carbocycles. The molecule has 0 unspecified atom stereocenters. The van der Waals surface area contributed by atoms with Crippen molar-refractivity contribution in [3.8, 4) is 18.1 Å². The largest absolute Gasteiger partial charge is 0.508 e. The quantitative estimate of drug-likeness (QED) is 0.308. The van der Waals surface area contributed by atoms with Crippen molar-refractivity contribution in [1.82, 2.24) is 30.1 Å². The summed E-state index contributed by atoms with van der Waals surface area (Å²) in [6, 6.07) is 20.7. The minimum atomic E-state index is -0.861. The van der Waals surface area contributed by atoms with E-state index < -0.39 is 18.2 Å². The first kappa shape index (κ1) is 30.5. The van der Waals surface area contributed by atoms with Gasteiger partial charge in [-0.15, -0.1) is 17.8 Å². The molecule has 2 aliphatic heterocycles. The smallest absolute Gasteiger partial charge is 0.334 e. The van der Waals surface area contributed by atoms with E-state index in [1.165, 1.54) is 21.2 Å². The number of carbonyl (C=O) groups is 3. The maximum Gasteiger partial charge on any atom is 0.334 e. The van der Waals surface area contributed by atoms with Crippen LogP contribution in [0.5, 0.6) is 5.75 Å². The Balaban J connectivity index is 0.00000384. The lowest BCUT2D eigenvalue weighted by Gasteiger charge is -2.55. The van der Waals surface area contributed by atoms with Crippen LogP contribution in [0.3, 0.4) is 0 Å². The summed E-state index contributed by atoms with van der Waals surface area (Å²) in [7, 11) is 0. The van der Waals surface area contributed by atoms with Gasteiger partial charge < -0.3 is 20.2 Å². The van der Waals surface area contributed by atoms with Crippen molar-refractivity contribution in [3.05, 3.63) is 95.0 Å². The Labute approximate surface area is 260 Å². The first-order chi connectivity index (χ1) is 20.9. The van der Waals surface area contributed by atoms with Gasteiger partial charge in [-0.3, -0.25) is 9.59 Å². The number of benzene rings is 3. The SMILES string of the molecule is C.C#CCN1CC(=O)N2[C@@H](Cc3ccc(O)cc3)C(=O)N(Cc3ccc4ncsc4c3)C[C@@H]2N1C(=O)NCc1ccccc1. The van der Waals surface area contributed by atoms with Gasteiger partial charge in [0.1, 0.15) is 18.0 Å². The maximum absolute atomic E-state index is 14.1. The third kappa shape index (κ3) is 6.22. The summed E-state index contributed by atoms with van der Waals surface area (Å²) >= 11 is 1.53. The van der Waals surface area contributed by atoms with Gasteiger partial charge in [-0.1, -0.05) is 61.9 Å². The standard InChI is InChI=1S/C32H30N6O4S.CH4/c1-2-14-36-20-30(40)37-27(15-22-8-11-25(39)12-9-22)31(41)35(18-24-10-13-26-28(16-24)43-21-34-26)19-29(37)38(36)32(42)33-17-23-6-4-3-5-7-23;/h1,3-13,16,21,27,29,39H,14-15,17-20H2,(H,33,42);1H4/t27-,29-;/m0./s1. The number of phenols is 1. The maximum atomic E-state index is 14.1. The third-order valence-corrected chi connectivity index (χ3v) is 8.52. The molecule has 44 heavy (non-hydrogen) atoms. The van der Waals surface area contributed by atoms with E-state index in [0.717, 1.165) is 26.9 Å². The van der Waals surface area contributed by atoms with E-state index in [9.17, 15) is 19.5 Å². The number of hydrogen-bond acceptors (Lipinski definition) is 7. The molecule has 4 aromatic rings. The van der Waals surface area contributed by atoms with Crippen LogP contribution < -0.4 is 5.32 Å². The van der Waals surface area contributed by atoms with E-state index in [1.54, 1.807) is 39.7 Å². The van der Waals surface area contributed by atoms with Crippen LogP contribution in [0.25, 0.3) is 10.2 Å². The molecule has 226 valence electrons. The fourth-order valence-electron chi connectivity index (χ4n) is 5.71. The average Bonchev–Trinajstić information content (AvgIpc) is 3.48. The van der Waals surface area contributed by atoms with Crippen molar-refractivity contribution in [2.24, 2.45) is 0 Å². The number of urea groups is 1. The van der Waals surface area contributed by atoms with Gasteiger partial charge in [0.15, 0.2) is 0 Å². The van der Waals surface area contributed by atoms with Crippen LogP contribution in [0.2, 0.25) is 0 Å². The van der Waals surface area contributed by atoms with Gasteiger partial charge in [-0.25, -0.2) is 14.8 Å². The second-order valence-electron chi connectivity index (χ2n) is 10.6. The van der Waals surface area contributed by atoms with E-state index in [4.69, 9.17) is 6.42 Å². The monoisotopic (exact) mass is 610 g/mol. The highest BCUT2D eigenvalue weighted by Gasteiger charge is 2.51. The second-order valence-corrected chi connectivity index (χ2v) is 11.4. The molecular weight excluding hydrogens is 576 g/mol. The number of piperazine rings is 1. The number of fused-ring (bicyclic) bond motifs is 2. The van der Waals surface area contributed by atoms with Crippen LogP contribution in [0, 0.1) is 12.3 Å². The van der Waals surface area contributed by atoms with Crippen molar-refractivity contribution < 1.29 is 19.5 Å². The molecule has 6 rings (SSSR count). The number of amides is 4. The molecule has 4 amide bonds. The van der Waals surface area contributed by atoms with Crippen LogP contribution in [0.1, 0.15) is 24.1 Å². The number of hydrogen-bond donors (Lipinski definition) is 2. The zero-order valence-electron chi connectivity index (χ0n) is 23.3. The fraction of sp³-hybridized carbons (Fsp3) is 0.273. The minimum Gasteiger partial charge on any atom is -0.508 e. The minimum absolute atomic E-state index is 0. The zero-order chi connectivity index (χ0) is 29.9. The van der Waals surface area contributed by atoms with Gasteiger partial charge in [0.25, 0.3) is 0 Å². The highest BCUT2D eigenvalue weighted by Crippen LogP contribution is 2.30. The number of nitrogens with one attached hydrogen (secondary N) is 1. The van der Waals surface area contributed by atoms with Crippen molar-refractivity contribution in [2.75, 3.05) is 19.6 Å². The van der Waals surface area contributed by atoms with Crippen molar-refractivity contribution in [3.63, 3.8) is 0 Å². The number of rotatable bonds is 7. The highest BCUT2D eigenvalue weighted by molar-refractivity contribution is 7.16. The lowest BCUT2D eigenvalue weighted by atomic mass is 9.98. The molecule has 3 heterocycles. The molecule has 0 spiro atoms. The van der Waals surface area contributed by atoms with Gasteiger partial charge in [-0.05, 0) is 41.0 Å². The van der Waals surface area contributed by atoms with Crippen LogP contribution in [0.4, 0.5) is 4.79 Å².